The van der Waals surface area contributed by atoms with Gasteiger partial charge in [-0.2, -0.15) is 0 Å². The van der Waals surface area contributed by atoms with Crippen molar-refractivity contribution in [2.24, 2.45) is 0 Å². The first kappa shape index (κ1) is 19.2. The van der Waals surface area contributed by atoms with Crippen molar-refractivity contribution in [2.75, 3.05) is 0 Å². The lowest BCUT2D eigenvalue weighted by molar-refractivity contribution is -0.111. The number of hydrogen-bond donors (Lipinski definition) is 0. The Bertz CT molecular complexity index is 1420. The highest BCUT2D eigenvalue weighted by Gasteiger charge is 2.57. The normalized spacial score (nSPS) is 19.3. The minimum atomic E-state index is -0.666. The van der Waals surface area contributed by atoms with E-state index in [0.717, 1.165) is 44.5 Å². The maximum atomic E-state index is 14.0. The predicted octanol–water partition coefficient (Wildman–Crippen LogP) is 7.18. The van der Waals surface area contributed by atoms with Gasteiger partial charge in [-0.25, -0.2) is 0 Å². The van der Waals surface area contributed by atoms with Gasteiger partial charge in [-0.05, 0) is 54.9 Å². The van der Waals surface area contributed by atoms with Gasteiger partial charge in [-0.3, -0.25) is 4.79 Å². The molecule has 0 heterocycles. The van der Waals surface area contributed by atoms with Crippen molar-refractivity contribution >= 4 is 32.9 Å². The fraction of sp³-hybridized carbons (Fsp3) is 0.0333. The van der Waals surface area contributed by atoms with E-state index in [1.807, 2.05) is 42.5 Å². The summed E-state index contributed by atoms with van der Waals surface area (Å²) < 4.78 is 0.644. The Balaban J connectivity index is 1.82. The second-order valence-electron chi connectivity index (χ2n) is 8.16. The topological polar surface area (TPSA) is 17.1 Å². The van der Waals surface area contributed by atoms with E-state index in [1.54, 1.807) is 0 Å². The summed E-state index contributed by atoms with van der Waals surface area (Å²) in [6.07, 6.45) is 0. The van der Waals surface area contributed by atoms with E-state index in [4.69, 9.17) is 0 Å². The SMILES string of the molecule is O=C1C(Br)=C(c2ccccc2)C2(c3ccccc3)C1=C(c1ccccc1)c1ccccc12. The van der Waals surface area contributed by atoms with Crippen LogP contribution in [0.4, 0.5) is 0 Å². The molecule has 0 bridgehead atoms. The van der Waals surface area contributed by atoms with Gasteiger partial charge in [0.15, 0.2) is 5.78 Å². The molecule has 32 heavy (non-hydrogen) atoms. The molecule has 0 saturated heterocycles. The van der Waals surface area contributed by atoms with Gasteiger partial charge in [0.2, 0.25) is 0 Å². The number of ketones is 1. The van der Waals surface area contributed by atoms with E-state index >= 15 is 0 Å². The van der Waals surface area contributed by atoms with Crippen molar-refractivity contribution in [3.8, 4) is 0 Å². The second-order valence-corrected chi connectivity index (χ2v) is 8.95. The lowest BCUT2D eigenvalue weighted by atomic mass is 9.67. The second kappa shape index (κ2) is 7.29. The molecular formula is C30H19BrO. The van der Waals surface area contributed by atoms with Crippen molar-refractivity contribution in [3.63, 3.8) is 0 Å². The van der Waals surface area contributed by atoms with E-state index in [-0.39, 0.29) is 5.78 Å². The quantitative estimate of drug-likeness (QED) is 0.307. The fourth-order valence-electron chi connectivity index (χ4n) is 5.40. The van der Waals surface area contributed by atoms with Crippen LogP contribution in [-0.4, -0.2) is 5.78 Å². The van der Waals surface area contributed by atoms with Gasteiger partial charge in [0, 0.05) is 5.57 Å². The molecule has 1 nitrogen and oxygen atoms in total. The molecule has 0 saturated carbocycles. The van der Waals surface area contributed by atoms with Gasteiger partial charge in [0.1, 0.15) is 0 Å². The number of rotatable bonds is 3. The summed E-state index contributed by atoms with van der Waals surface area (Å²) in [5, 5.41) is 0. The van der Waals surface area contributed by atoms with Crippen LogP contribution >= 0.6 is 15.9 Å². The standard InChI is InChI=1S/C30H19BrO/c31-28-26(21-14-6-2-7-15-21)30(22-16-8-3-9-17-22)24-19-11-10-18-23(24)25(27(30)29(28)32)20-12-4-1-5-13-20/h1-19H. The van der Waals surface area contributed by atoms with Crippen molar-refractivity contribution in [3.05, 3.63) is 153 Å². The zero-order valence-corrected chi connectivity index (χ0v) is 18.8. The van der Waals surface area contributed by atoms with Crippen LogP contribution in [0.1, 0.15) is 27.8 Å². The molecule has 0 aromatic heterocycles. The zero-order chi connectivity index (χ0) is 21.7. The van der Waals surface area contributed by atoms with Gasteiger partial charge in [-0.1, -0.05) is 115 Å². The summed E-state index contributed by atoms with van der Waals surface area (Å²) >= 11 is 3.74. The number of fused-ring (bicyclic) bond motifs is 3. The Kier molecular flexibility index (Phi) is 4.38. The highest BCUT2D eigenvalue weighted by Crippen LogP contribution is 2.64. The minimum absolute atomic E-state index is 0.0581. The van der Waals surface area contributed by atoms with Crippen LogP contribution in [-0.2, 0) is 10.2 Å². The molecule has 152 valence electrons. The Morgan fingerprint density at radius 3 is 1.75 bits per heavy atom. The molecule has 4 aromatic carbocycles. The molecule has 0 radical (unpaired) electrons. The van der Waals surface area contributed by atoms with Crippen LogP contribution in [0, 0.1) is 0 Å². The zero-order valence-electron chi connectivity index (χ0n) is 17.3. The first-order valence-electron chi connectivity index (χ1n) is 10.7. The van der Waals surface area contributed by atoms with E-state index in [2.05, 4.69) is 88.7 Å². The molecule has 0 N–H and O–H groups in total. The van der Waals surface area contributed by atoms with Gasteiger partial charge < -0.3 is 0 Å². The number of carbonyl (C=O) groups is 1. The summed E-state index contributed by atoms with van der Waals surface area (Å²) in [4.78, 5) is 14.0. The van der Waals surface area contributed by atoms with Crippen LogP contribution in [0.15, 0.2) is 125 Å². The van der Waals surface area contributed by atoms with Crippen LogP contribution in [0.25, 0.3) is 11.1 Å². The Morgan fingerprint density at radius 1 is 0.562 bits per heavy atom. The average Bonchev–Trinajstić information content (AvgIpc) is 3.29. The molecule has 2 heteroatoms. The Hall–Kier alpha value is -3.49. The van der Waals surface area contributed by atoms with Crippen molar-refractivity contribution in [2.45, 2.75) is 5.41 Å². The Labute approximate surface area is 195 Å². The molecule has 0 spiro atoms. The molecule has 1 atom stereocenters. The maximum absolute atomic E-state index is 14.0. The summed E-state index contributed by atoms with van der Waals surface area (Å²) in [7, 11) is 0. The average molecular weight is 475 g/mol. The summed E-state index contributed by atoms with van der Waals surface area (Å²) in [5.41, 5.74) is 7.71. The third-order valence-electron chi connectivity index (χ3n) is 6.58. The molecule has 4 aromatic rings. The van der Waals surface area contributed by atoms with Gasteiger partial charge in [0.05, 0.1) is 9.90 Å². The predicted molar refractivity (Wildman–Crippen MR) is 133 cm³/mol. The van der Waals surface area contributed by atoms with Crippen LogP contribution < -0.4 is 0 Å². The maximum Gasteiger partial charge on any atom is 0.198 e. The van der Waals surface area contributed by atoms with Gasteiger partial charge >= 0.3 is 0 Å². The third-order valence-corrected chi connectivity index (χ3v) is 7.33. The summed E-state index contributed by atoms with van der Waals surface area (Å²) in [5.74, 6) is 0.0581. The minimum Gasteiger partial charge on any atom is -0.288 e. The van der Waals surface area contributed by atoms with E-state index in [0.29, 0.717) is 4.48 Å². The Morgan fingerprint density at radius 2 is 1.09 bits per heavy atom. The van der Waals surface area contributed by atoms with E-state index in [1.165, 1.54) is 0 Å². The lowest BCUT2D eigenvalue weighted by Crippen LogP contribution is -2.28. The van der Waals surface area contributed by atoms with Crippen LogP contribution in [0.5, 0.6) is 0 Å². The van der Waals surface area contributed by atoms with Crippen LogP contribution in [0.2, 0.25) is 0 Å². The van der Waals surface area contributed by atoms with Gasteiger partial charge in [-0.15, -0.1) is 0 Å². The largest absolute Gasteiger partial charge is 0.288 e. The smallest absolute Gasteiger partial charge is 0.198 e. The van der Waals surface area contributed by atoms with E-state index < -0.39 is 5.41 Å². The molecular weight excluding hydrogens is 456 g/mol. The molecule has 2 aliphatic carbocycles. The van der Waals surface area contributed by atoms with Crippen molar-refractivity contribution in [1.82, 2.24) is 0 Å². The number of Topliss-reactive ketones (excluding diaryl/α,β-unsaturated/α-hetero) is 1. The highest BCUT2D eigenvalue weighted by molar-refractivity contribution is 9.12. The fourth-order valence-corrected chi connectivity index (χ4v) is 6.13. The van der Waals surface area contributed by atoms with E-state index in [9.17, 15) is 4.79 Å². The molecule has 0 fully saturated rings. The lowest BCUT2D eigenvalue weighted by Gasteiger charge is -2.33. The number of halogens is 1. The summed E-state index contributed by atoms with van der Waals surface area (Å²) in [6, 6.07) is 39.5. The highest BCUT2D eigenvalue weighted by atomic mass is 79.9. The number of benzene rings is 4. The number of hydrogen-bond acceptors (Lipinski definition) is 1. The van der Waals surface area contributed by atoms with Crippen molar-refractivity contribution in [1.29, 1.82) is 0 Å². The van der Waals surface area contributed by atoms with Crippen LogP contribution in [0.3, 0.4) is 0 Å². The molecule has 0 aliphatic heterocycles. The van der Waals surface area contributed by atoms with Gasteiger partial charge in [0.25, 0.3) is 0 Å². The molecule has 1 unspecified atom stereocenters. The number of carbonyl (C=O) groups excluding carboxylic acids is 1. The molecule has 0 amide bonds. The first-order chi connectivity index (χ1) is 15.7. The molecule has 6 rings (SSSR count). The van der Waals surface area contributed by atoms with Crippen molar-refractivity contribution < 1.29 is 4.79 Å². The summed E-state index contributed by atoms with van der Waals surface area (Å²) in [6.45, 7) is 0. The number of allylic oxidation sites excluding steroid dienone is 3. The molecule has 2 aliphatic rings. The third kappa shape index (κ3) is 2.47. The first-order valence-corrected chi connectivity index (χ1v) is 11.5. The monoisotopic (exact) mass is 474 g/mol.